The van der Waals surface area contributed by atoms with Gasteiger partial charge in [0.2, 0.25) is 0 Å². The number of hydrogen-bond acceptors (Lipinski definition) is 3. The minimum Gasteiger partial charge on any atom is -0.495 e. The van der Waals surface area contributed by atoms with Crippen molar-refractivity contribution in [1.29, 1.82) is 0 Å². The second kappa shape index (κ2) is 4.53. The van der Waals surface area contributed by atoms with Crippen LogP contribution in [0.2, 0.25) is 0 Å². The van der Waals surface area contributed by atoms with Gasteiger partial charge in [-0.3, -0.25) is 0 Å². The first kappa shape index (κ1) is 10.3. The summed E-state index contributed by atoms with van der Waals surface area (Å²) in [5, 5.41) is 3.41. The number of anilines is 1. The number of hydrogen-bond donors (Lipinski definition) is 2. The lowest BCUT2D eigenvalue weighted by Gasteiger charge is -2.32. The van der Waals surface area contributed by atoms with E-state index in [0.717, 1.165) is 36.7 Å². The summed E-state index contributed by atoms with van der Waals surface area (Å²) in [6.07, 6.45) is 2.28. The first-order valence-corrected chi connectivity index (χ1v) is 5.42. The van der Waals surface area contributed by atoms with Crippen LogP contribution in [-0.4, -0.2) is 19.7 Å². The van der Waals surface area contributed by atoms with Crippen LogP contribution in [0.1, 0.15) is 12.8 Å². The number of rotatable bonds is 4. The highest BCUT2D eigenvalue weighted by Gasteiger charge is 2.25. The number of para-hydroxylation sites is 2. The van der Waals surface area contributed by atoms with Crippen LogP contribution in [0.15, 0.2) is 24.3 Å². The molecule has 1 fully saturated rings. The summed E-state index contributed by atoms with van der Waals surface area (Å²) in [6.45, 7) is 0.994. The third kappa shape index (κ3) is 2.42. The molecule has 1 aliphatic rings. The highest BCUT2D eigenvalue weighted by atomic mass is 16.5. The van der Waals surface area contributed by atoms with Gasteiger partial charge in [-0.15, -0.1) is 0 Å². The Labute approximate surface area is 90.6 Å². The third-order valence-corrected chi connectivity index (χ3v) is 2.96. The van der Waals surface area contributed by atoms with E-state index in [-0.39, 0.29) is 0 Å². The van der Waals surface area contributed by atoms with E-state index >= 15 is 0 Å². The fraction of sp³-hybridized carbons (Fsp3) is 0.500. The summed E-state index contributed by atoms with van der Waals surface area (Å²) in [5.41, 5.74) is 6.81. The molecule has 0 aliphatic heterocycles. The molecule has 3 nitrogen and oxygen atoms in total. The molecule has 1 aromatic carbocycles. The van der Waals surface area contributed by atoms with Crippen LogP contribution >= 0.6 is 0 Å². The van der Waals surface area contributed by atoms with Gasteiger partial charge in [0.05, 0.1) is 12.8 Å². The lowest BCUT2D eigenvalue weighted by molar-refractivity contribution is 0.280. The van der Waals surface area contributed by atoms with Crippen LogP contribution in [-0.2, 0) is 0 Å². The van der Waals surface area contributed by atoms with Gasteiger partial charge in [0, 0.05) is 12.6 Å². The van der Waals surface area contributed by atoms with E-state index in [1.807, 2.05) is 24.3 Å². The molecular formula is C12H18N2O. The molecule has 0 unspecified atom stereocenters. The molecule has 1 aromatic rings. The van der Waals surface area contributed by atoms with Crippen LogP contribution in [0.3, 0.4) is 0 Å². The Morgan fingerprint density at radius 2 is 2.13 bits per heavy atom. The van der Waals surface area contributed by atoms with Crippen molar-refractivity contribution in [3.05, 3.63) is 24.3 Å². The molecule has 0 saturated heterocycles. The Hall–Kier alpha value is -1.22. The summed E-state index contributed by atoms with van der Waals surface area (Å²) >= 11 is 0. The first-order valence-electron chi connectivity index (χ1n) is 5.42. The quantitative estimate of drug-likeness (QED) is 0.790. The normalized spacial score (nSPS) is 24.4. The predicted molar refractivity (Wildman–Crippen MR) is 62.2 cm³/mol. The van der Waals surface area contributed by atoms with E-state index in [9.17, 15) is 0 Å². The van der Waals surface area contributed by atoms with E-state index in [1.54, 1.807) is 7.11 Å². The van der Waals surface area contributed by atoms with Gasteiger partial charge in [0.15, 0.2) is 0 Å². The monoisotopic (exact) mass is 206 g/mol. The Bertz CT molecular complexity index is 321. The van der Waals surface area contributed by atoms with Crippen molar-refractivity contribution in [1.82, 2.24) is 0 Å². The van der Waals surface area contributed by atoms with Crippen LogP contribution in [0.4, 0.5) is 5.69 Å². The maximum atomic E-state index is 5.74. The Morgan fingerprint density at radius 1 is 1.40 bits per heavy atom. The Balaban J connectivity index is 1.87. The molecule has 0 amide bonds. The molecule has 0 heterocycles. The maximum Gasteiger partial charge on any atom is 0.141 e. The first-order chi connectivity index (χ1) is 7.29. The number of ether oxygens (including phenoxy) is 1. The number of nitrogens with one attached hydrogen (secondary N) is 1. The zero-order valence-corrected chi connectivity index (χ0v) is 9.07. The van der Waals surface area contributed by atoms with Crippen LogP contribution < -0.4 is 15.8 Å². The standard InChI is InChI=1S/C12H18N2O/c1-15-12-5-3-2-4-11(12)14-8-9-6-10(13)7-9/h2-5,9-10,14H,6-8,13H2,1H3. The van der Waals surface area contributed by atoms with Gasteiger partial charge in [-0.1, -0.05) is 12.1 Å². The van der Waals surface area contributed by atoms with Crippen LogP contribution in [0.5, 0.6) is 5.75 Å². The smallest absolute Gasteiger partial charge is 0.141 e. The van der Waals surface area contributed by atoms with E-state index in [1.165, 1.54) is 0 Å². The van der Waals surface area contributed by atoms with E-state index < -0.39 is 0 Å². The highest BCUT2D eigenvalue weighted by molar-refractivity contribution is 5.56. The average molecular weight is 206 g/mol. The fourth-order valence-corrected chi connectivity index (χ4v) is 2.00. The van der Waals surface area contributed by atoms with Crippen molar-refractivity contribution in [3.8, 4) is 5.75 Å². The average Bonchev–Trinajstić information content (AvgIpc) is 2.23. The van der Waals surface area contributed by atoms with Gasteiger partial charge < -0.3 is 15.8 Å². The summed E-state index contributed by atoms with van der Waals surface area (Å²) in [6, 6.07) is 8.42. The van der Waals surface area contributed by atoms with Crippen molar-refractivity contribution in [2.45, 2.75) is 18.9 Å². The van der Waals surface area contributed by atoms with Crippen molar-refractivity contribution in [2.24, 2.45) is 11.7 Å². The number of benzene rings is 1. The van der Waals surface area contributed by atoms with Crippen molar-refractivity contribution in [3.63, 3.8) is 0 Å². The zero-order chi connectivity index (χ0) is 10.7. The van der Waals surface area contributed by atoms with Gasteiger partial charge in [0.25, 0.3) is 0 Å². The minimum absolute atomic E-state index is 0.425. The molecule has 0 spiro atoms. The summed E-state index contributed by atoms with van der Waals surface area (Å²) in [5.74, 6) is 1.63. The molecular weight excluding hydrogens is 188 g/mol. The van der Waals surface area contributed by atoms with E-state index in [0.29, 0.717) is 6.04 Å². The van der Waals surface area contributed by atoms with E-state index in [4.69, 9.17) is 10.5 Å². The van der Waals surface area contributed by atoms with Gasteiger partial charge >= 0.3 is 0 Å². The molecule has 0 aromatic heterocycles. The van der Waals surface area contributed by atoms with Gasteiger partial charge in [-0.2, -0.15) is 0 Å². The molecule has 3 N–H and O–H groups in total. The van der Waals surface area contributed by atoms with Crippen molar-refractivity contribution < 1.29 is 4.74 Å². The molecule has 1 saturated carbocycles. The Morgan fingerprint density at radius 3 is 2.80 bits per heavy atom. The second-order valence-corrected chi connectivity index (χ2v) is 4.18. The third-order valence-electron chi connectivity index (χ3n) is 2.96. The molecule has 0 radical (unpaired) electrons. The lowest BCUT2D eigenvalue weighted by Crippen LogP contribution is -2.39. The van der Waals surface area contributed by atoms with Gasteiger partial charge in [-0.05, 0) is 30.9 Å². The molecule has 1 aliphatic carbocycles. The highest BCUT2D eigenvalue weighted by Crippen LogP contribution is 2.28. The fourth-order valence-electron chi connectivity index (χ4n) is 2.00. The van der Waals surface area contributed by atoms with Crippen molar-refractivity contribution in [2.75, 3.05) is 19.0 Å². The molecule has 15 heavy (non-hydrogen) atoms. The molecule has 82 valence electrons. The maximum absolute atomic E-state index is 5.74. The van der Waals surface area contributed by atoms with Crippen molar-refractivity contribution >= 4 is 5.69 Å². The molecule has 0 bridgehead atoms. The SMILES string of the molecule is COc1ccccc1NCC1CC(N)C1. The summed E-state index contributed by atoms with van der Waals surface area (Å²) in [4.78, 5) is 0. The molecule has 2 rings (SSSR count). The number of methoxy groups -OCH3 is 1. The lowest BCUT2D eigenvalue weighted by atomic mass is 9.81. The van der Waals surface area contributed by atoms with Gasteiger partial charge in [-0.25, -0.2) is 0 Å². The number of nitrogens with two attached hydrogens (primary N) is 1. The topological polar surface area (TPSA) is 47.3 Å². The minimum atomic E-state index is 0.425. The Kier molecular flexibility index (Phi) is 3.11. The van der Waals surface area contributed by atoms with Crippen LogP contribution in [0.25, 0.3) is 0 Å². The summed E-state index contributed by atoms with van der Waals surface area (Å²) < 4.78 is 5.26. The van der Waals surface area contributed by atoms with E-state index in [2.05, 4.69) is 5.32 Å². The largest absolute Gasteiger partial charge is 0.495 e. The molecule has 3 heteroatoms. The van der Waals surface area contributed by atoms with Gasteiger partial charge in [0.1, 0.15) is 5.75 Å². The molecule has 0 atom stereocenters. The zero-order valence-electron chi connectivity index (χ0n) is 9.07. The predicted octanol–water partition coefficient (Wildman–Crippen LogP) is 1.84. The van der Waals surface area contributed by atoms with Crippen LogP contribution in [0, 0.1) is 5.92 Å². The summed E-state index contributed by atoms with van der Waals surface area (Å²) in [7, 11) is 1.69. The second-order valence-electron chi connectivity index (χ2n) is 4.18.